The molecule has 2 atom stereocenters. The predicted octanol–water partition coefficient (Wildman–Crippen LogP) is 0.688. The summed E-state index contributed by atoms with van der Waals surface area (Å²) in [4.78, 5) is 21.0. The Morgan fingerprint density at radius 1 is 1.22 bits per heavy atom. The Hall–Kier alpha value is -1.50. The summed E-state index contributed by atoms with van der Waals surface area (Å²) in [7, 11) is 0. The Morgan fingerprint density at radius 2 is 1.96 bits per heavy atom. The molecule has 0 bridgehead atoms. The molecule has 126 valence electrons. The molecule has 23 heavy (non-hydrogen) atoms. The van der Waals surface area contributed by atoms with Crippen LogP contribution in [0.3, 0.4) is 0 Å². The quantitative estimate of drug-likeness (QED) is 0.869. The SMILES string of the molecule is Cc1ccc(C(=O)N2CC[C@H](O)[C@@H](N3CCOCC3)CC2)cn1. The molecular formula is C17H25N3O3. The number of aliphatic hydroxyl groups excluding tert-OH is 1. The molecule has 6 heteroatoms. The first kappa shape index (κ1) is 16.4. The second-order valence-electron chi connectivity index (χ2n) is 6.34. The van der Waals surface area contributed by atoms with Crippen molar-refractivity contribution in [2.24, 2.45) is 0 Å². The van der Waals surface area contributed by atoms with E-state index in [1.54, 1.807) is 6.20 Å². The number of hydrogen-bond donors (Lipinski definition) is 1. The van der Waals surface area contributed by atoms with E-state index < -0.39 is 0 Å². The van der Waals surface area contributed by atoms with Crippen molar-refractivity contribution in [2.45, 2.75) is 31.9 Å². The number of likely N-dealkylation sites (tertiary alicyclic amines) is 1. The van der Waals surface area contributed by atoms with Crippen LogP contribution in [-0.2, 0) is 4.74 Å². The van der Waals surface area contributed by atoms with Gasteiger partial charge in [-0.3, -0.25) is 14.7 Å². The molecule has 1 aromatic heterocycles. The molecule has 3 heterocycles. The van der Waals surface area contributed by atoms with Gasteiger partial charge in [0.15, 0.2) is 0 Å². The minimum atomic E-state index is -0.387. The summed E-state index contributed by atoms with van der Waals surface area (Å²) in [6.45, 7) is 6.33. The van der Waals surface area contributed by atoms with Crippen LogP contribution in [-0.4, -0.2) is 77.3 Å². The standard InChI is InChI=1S/C17H25N3O3/c1-13-2-3-14(12-18-13)17(22)20-6-4-15(16(21)5-7-20)19-8-10-23-11-9-19/h2-3,12,15-16,21H,4-11H2,1H3/t15-,16-/m0/s1. The number of ether oxygens (including phenoxy) is 1. The van der Waals surface area contributed by atoms with E-state index in [9.17, 15) is 9.90 Å². The number of morpholine rings is 1. The third kappa shape index (κ3) is 3.88. The number of aromatic nitrogens is 1. The van der Waals surface area contributed by atoms with Gasteiger partial charge in [0.1, 0.15) is 0 Å². The Bertz CT molecular complexity index is 528. The van der Waals surface area contributed by atoms with Crippen molar-refractivity contribution in [2.75, 3.05) is 39.4 Å². The molecule has 0 aromatic carbocycles. The number of aliphatic hydroxyl groups is 1. The lowest BCUT2D eigenvalue weighted by Crippen LogP contribution is -2.49. The van der Waals surface area contributed by atoms with E-state index in [0.717, 1.165) is 38.4 Å². The number of carbonyl (C=O) groups is 1. The summed E-state index contributed by atoms with van der Waals surface area (Å²) in [5.41, 5.74) is 1.52. The van der Waals surface area contributed by atoms with Gasteiger partial charge in [0.2, 0.25) is 0 Å². The highest BCUT2D eigenvalue weighted by Gasteiger charge is 2.32. The topological polar surface area (TPSA) is 65.9 Å². The van der Waals surface area contributed by atoms with E-state index in [-0.39, 0.29) is 18.1 Å². The lowest BCUT2D eigenvalue weighted by atomic mass is 10.0. The molecule has 2 aliphatic heterocycles. The molecule has 2 aliphatic rings. The van der Waals surface area contributed by atoms with Crippen molar-refractivity contribution >= 4 is 5.91 Å². The minimum absolute atomic E-state index is 0.00678. The molecule has 2 fully saturated rings. The van der Waals surface area contributed by atoms with Gasteiger partial charge in [-0.05, 0) is 31.9 Å². The predicted molar refractivity (Wildman–Crippen MR) is 86.3 cm³/mol. The van der Waals surface area contributed by atoms with Gasteiger partial charge in [-0.25, -0.2) is 0 Å². The van der Waals surface area contributed by atoms with Crippen molar-refractivity contribution in [3.05, 3.63) is 29.6 Å². The Morgan fingerprint density at radius 3 is 2.65 bits per heavy atom. The zero-order valence-corrected chi connectivity index (χ0v) is 13.6. The Balaban J connectivity index is 1.64. The van der Waals surface area contributed by atoms with Crippen LogP contribution in [0.1, 0.15) is 28.9 Å². The van der Waals surface area contributed by atoms with E-state index in [1.165, 1.54) is 0 Å². The summed E-state index contributed by atoms with van der Waals surface area (Å²) in [5, 5.41) is 10.5. The number of carbonyl (C=O) groups excluding carboxylic acids is 1. The fourth-order valence-corrected chi connectivity index (χ4v) is 3.39. The summed E-state index contributed by atoms with van der Waals surface area (Å²) in [5.74, 6) is 0.00678. The molecule has 1 amide bonds. The van der Waals surface area contributed by atoms with Gasteiger partial charge in [-0.2, -0.15) is 0 Å². The van der Waals surface area contributed by atoms with Gasteiger partial charge < -0.3 is 14.7 Å². The summed E-state index contributed by atoms with van der Waals surface area (Å²) < 4.78 is 5.39. The number of amides is 1. The number of nitrogens with zero attached hydrogens (tertiary/aromatic N) is 3. The summed E-state index contributed by atoms with van der Waals surface area (Å²) >= 11 is 0. The first-order chi connectivity index (χ1) is 11.1. The van der Waals surface area contributed by atoms with Crippen LogP contribution >= 0.6 is 0 Å². The number of aryl methyl sites for hydroxylation is 1. The second kappa shape index (κ2) is 7.38. The van der Waals surface area contributed by atoms with Gasteiger partial charge in [0.05, 0.1) is 24.9 Å². The van der Waals surface area contributed by atoms with Gasteiger partial charge in [0, 0.05) is 44.1 Å². The van der Waals surface area contributed by atoms with Gasteiger partial charge in [0.25, 0.3) is 5.91 Å². The summed E-state index contributed by atoms with van der Waals surface area (Å²) in [6.07, 6.45) is 2.67. The van der Waals surface area contributed by atoms with Gasteiger partial charge in [-0.15, -0.1) is 0 Å². The third-order valence-electron chi connectivity index (χ3n) is 4.79. The molecule has 0 aliphatic carbocycles. The second-order valence-corrected chi connectivity index (χ2v) is 6.34. The highest BCUT2D eigenvalue weighted by Crippen LogP contribution is 2.20. The number of hydrogen-bond acceptors (Lipinski definition) is 5. The van der Waals surface area contributed by atoms with Crippen LogP contribution in [0.5, 0.6) is 0 Å². The molecule has 3 rings (SSSR count). The Labute approximate surface area is 137 Å². The first-order valence-corrected chi connectivity index (χ1v) is 8.37. The van der Waals surface area contributed by atoms with Crippen LogP contribution in [0.15, 0.2) is 18.3 Å². The molecule has 0 radical (unpaired) electrons. The molecule has 1 aromatic rings. The van der Waals surface area contributed by atoms with Gasteiger partial charge >= 0.3 is 0 Å². The van der Waals surface area contributed by atoms with Crippen LogP contribution in [0.4, 0.5) is 0 Å². The highest BCUT2D eigenvalue weighted by molar-refractivity contribution is 5.93. The van der Waals surface area contributed by atoms with Crippen LogP contribution in [0.2, 0.25) is 0 Å². The number of rotatable bonds is 2. The third-order valence-corrected chi connectivity index (χ3v) is 4.79. The van der Waals surface area contributed by atoms with E-state index in [0.29, 0.717) is 25.1 Å². The maximum Gasteiger partial charge on any atom is 0.255 e. The fraction of sp³-hybridized carbons (Fsp3) is 0.647. The average molecular weight is 319 g/mol. The maximum atomic E-state index is 12.6. The van der Waals surface area contributed by atoms with Crippen LogP contribution in [0, 0.1) is 6.92 Å². The summed E-state index contributed by atoms with van der Waals surface area (Å²) in [6, 6.07) is 3.80. The van der Waals surface area contributed by atoms with Crippen molar-refractivity contribution in [3.8, 4) is 0 Å². The fourth-order valence-electron chi connectivity index (χ4n) is 3.39. The smallest absolute Gasteiger partial charge is 0.255 e. The van der Waals surface area contributed by atoms with Crippen molar-refractivity contribution < 1.29 is 14.6 Å². The lowest BCUT2D eigenvalue weighted by Gasteiger charge is -2.36. The lowest BCUT2D eigenvalue weighted by molar-refractivity contribution is -0.0222. The molecule has 6 nitrogen and oxygen atoms in total. The normalized spacial score (nSPS) is 26.8. The molecule has 2 saturated heterocycles. The van der Waals surface area contributed by atoms with Crippen molar-refractivity contribution in [1.29, 1.82) is 0 Å². The number of pyridine rings is 1. The van der Waals surface area contributed by atoms with E-state index in [2.05, 4.69) is 9.88 Å². The molecular weight excluding hydrogens is 294 g/mol. The largest absolute Gasteiger partial charge is 0.391 e. The van der Waals surface area contributed by atoms with Crippen LogP contribution < -0.4 is 0 Å². The highest BCUT2D eigenvalue weighted by atomic mass is 16.5. The van der Waals surface area contributed by atoms with E-state index >= 15 is 0 Å². The molecule has 0 spiro atoms. The zero-order valence-electron chi connectivity index (χ0n) is 13.6. The molecule has 0 saturated carbocycles. The van der Waals surface area contributed by atoms with E-state index in [4.69, 9.17) is 4.74 Å². The van der Waals surface area contributed by atoms with Gasteiger partial charge in [-0.1, -0.05) is 0 Å². The Kier molecular flexibility index (Phi) is 5.25. The monoisotopic (exact) mass is 319 g/mol. The molecule has 1 N–H and O–H groups in total. The minimum Gasteiger partial charge on any atom is -0.391 e. The average Bonchev–Trinajstić information content (AvgIpc) is 2.77. The van der Waals surface area contributed by atoms with E-state index in [1.807, 2.05) is 24.0 Å². The van der Waals surface area contributed by atoms with Crippen molar-refractivity contribution in [3.63, 3.8) is 0 Å². The first-order valence-electron chi connectivity index (χ1n) is 8.37. The van der Waals surface area contributed by atoms with Crippen LogP contribution in [0.25, 0.3) is 0 Å². The van der Waals surface area contributed by atoms with Crippen molar-refractivity contribution in [1.82, 2.24) is 14.8 Å². The zero-order chi connectivity index (χ0) is 16.2. The maximum absolute atomic E-state index is 12.6. The molecule has 0 unspecified atom stereocenters.